The number of halogens is 2. The quantitative estimate of drug-likeness (QED) is 0.460. The van der Waals surface area contributed by atoms with E-state index in [1.165, 1.54) is 18.2 Å². The fraction of sp³-hybridized carbons (Fsp3) is 0.200. The van der Waals surface area contributed by atoms with Crippen LogP contribution >= 0.6 is 23.2 Å². The predicted molar refractivity (Wildman–Crippen MR) is 113 cm³/mol. The third kappa shape index (κ3) is 8.10. The van der Waals surface area contributed by atoms with Gasteiger partial charge in [-0.05, 0) is 23.8 Å². The molecule has 0 saturated heterocycles. The Morgan fingerprint density at radius 1 is 0.700 bits per heavy atom. The number of amides is 4. The van der Waals surface area contributed by atoms with Crippen molar-refractivity contribution in [1.29, 1.82) is 0 Å². The van der Waals surface area contributed by atoms with Crippen LogP contribution in [0.3, 0.4) is 0 Å². The molecule has 0 bridgehead atoms. The van der Waals surface area contributed by atoms with Gasteiger partial charge in [0.05, 0.1) is 30.2 Å². The van der Waals surface area contributed by atoms with Gasteiger partial charge in [0.15, 0.2) is 0 Å². The Labute approximate surface area is 183 Å². The van der Waals surface area contributed by atoms with Crippen LogP contribution in [0.2, 0.25) is 10.0 Å². The molecule has 10 heteroatoms. The summed E-state index contributed by atoms with van der Waals surface area (Å²) in [7, 11) is 0. The molecule has 158 valence electrons. The Bertz CT molecular complexity index is 922. The van der Waals surface area contributed by atoms with Crippen molar-refractivity contribution in [3.63, 3.8) is 0 Å². The molecule has 0 atom stereocenters. The minimum Gasteiger partial charge on any atom is -0.350 e. The molecule has 2 aromatic rings. The maximum absolute atomic E-state index is 12.0. The average molecular weight is 451 g/mol. The summed E-state index contributed by atoms with van der Waals surface area (Å²) in [6.07, 6.45) is 0. The number of rotatable bonds is 9. The summed E-state index contributed by atoms with van der Waals surface area (Å²) in [6, 6.07) is 13.7. The van der Waals surface area contributed by atoms with Crippen molar-refractivity contribution >= 4 is 46.8 Å². The van der Waals surface area contributed by atoms with Crippen LogP contribution in [0, 0.1) is 0 Å². The Kier molecular flexibility index (Phi) is 9.11. The molecule has 0 saturated carbocycles. The van der Waals surface area contributed by atoms with E-state index in [9.17, 15) is 19.2 Å². The molecule has 0 aromatic heterocycles. The van der Waals surface area contributed by atoms with Crippen LogP contribution in [-0.4, -0.2) is 43.3 Å². The molecule has 4 N–H and O–H groups in total. The van der Waals surface area contributed by atoms with Gasteiger partial charge in [-0.25, -0.2) is 0 Å². The van der Waals surface area contributed by atoms with Crippen molar-refractivity contribution < 1.29 is 19.2 Å². The highest BCUT2D eigenvalue weighted by Crippen LogP contribution is 2.20. The third-order valence-electron chi connectivity index (χ3n) is 3.81. The van der Waals surface area contributed by atoms with E-state index in [0.29, 0.717) is 11.6 Å². The lowest BCUT2D eigenvalue weighted by atomic mass is 10.2. The monoisotopic (exact) mass is 450 g/mol. The predicted octanol–water partition coefficient (Wildman–Crippen LogP) is 1.27. The standard InChI is InChI=1S/C20H20Cl2N4O4/c21-14-6-7-15(16(22)8-14)20(30)26-12-19(29)25-11-18(28)24-10-17(27)23-9-13-4-2-1-3-5-13/h1-8H,9-12H2,(H,23,27)(H,24,28)(H,25,29)(H,26,30). The van der Waals surface area contributed by atoms with Gasteiger partial charge in [-0.3, -0.25) is 19.2 Å². The zero-order chi connectivity index (χ0) is 21.9. The summed E-state index contributed by atoms with van der Waals surface area (Å²) < 4.78 is 0. The highest BCUT2D eigenvalue weighted by Gasteiger charge is 2.13. The SMILES string of the molecule is O=C(CNC(=O)CNC(=O)c1ccc(Cl)cc1Cl)NCC(=O)NCc1ccccc1. The summed E-state index contributed by atoms with van der Waals surface area (Å²) in [4.78, 5) is 47.3. The van der Waals surface area contributed by atoms with E-state index in [1.807, 2.05) is 30.3 Å². The van der Waals surface area contributed by atoms with E-state index in [-0.39, 0.29) is 36.1 Å². The summed E-state index contributed by atoms with van der Waals surface area (Å²) in [5, 5.41) is 10.3. The average Bonchev–Trinajstić information content (AvgIpc) is 2.73. The van der Waals surface area contributed by atoms with Crippen LogP contribution in [0.15, 0.2) is 48.5 Å². The first kappa shape index (κ1) is 23.2. The Morgan fingerprint density at radius 3 is 1.87 bits per heavy atom. The van der Waals surface area contributed by atoms with E-state index in [4.69, 9.17) is 23.2 Å². The Balaban J connectivity index is 1.62. The first-order chi connectivity index (χ1) is 14.3. The molecule has 0 spiro atoms. The second-order valence-electron chi connectivity index (χ2n) is 6.12. The molecule has 0 aliphatic heterocycles. The van der Waals surface area contributed by atoms with Crippen LogP contribution in [0.25, 0.3) is 0 Å². The normalized spacial score (nSPS) is 10.1. The van der Waals surface area contributed by atoms with Crippen LogP contribution in [0.1, 0.15) is 15.9 Å². The molecule has 0 aliphatic carbocycles. The number of hydrogen-bond donors (Lipinski definition) is 4. The fourth-order valence-electron chi connectivity index (χ4n) is 2.27. The van der Waals surface area contributed by atoms with Crippen LogP contribution in [-0.2, 0) is 20.9 Å². The summed E-state index contributed by atoms with van der Waals surface area (Å²) in [5.74, 6) is -2.01. The molecule has 30 heavy (non-hydrogen) atoms. The van der Waals surface area contributed by atoms with E-state index in [2.05, 4.69) is 21.3 Å². The lowest BCUT2D eigenvalue weighted by Crippen LogP contribution is -2.44. The van der Waals surface area contributed by atoms with Crippen molar-refractivity contribution in [3.05, 3.63) is 69.7 Å². The molecular weight excluding hydrogens is 431 g/mol. The summed E-state index contributed by atoms with van der Waals surface area (Å²) in [6.45, 7) is -0.540. The minimum atomic E-state index is -0.572. The van der Waals surface area contributed by atoms with Gasteiger partial charge in [0.25, 0.3) is 5.91 Å². The smallest absolute Gasteiger partial charge is 0.253 e. The lowest BCUT2D eigenvalue weighted by molar-refractivity contribution is -0.127. The van der Waals surface area contributed by atoms with Gasteiger partial charge in [-0.2, -0.15) is 0 Å². The number of carbonyl (C=O) groups is 4. The van der Waals surface area contributed by atoms with Crippen molar-refractivity contribution in [1.82, 2.24) is 21.3 Å². The minimum absolute atomic E-state index is 0.158. The number of carbonyl (C=O) groups excluding carboxylic acids is 4. The Hall–Kier alpha value is -3.10. The molecular formula is C20H20Cl2N4O4. The lowest BCUT2D eigenvalue weighted by Gasteiger charge is -2.09. The second-order valence-corrected chi connectivity index (χ2v) is 6.97. The summed E-state index contributed by atoms with van der Waals surface area (Å²) in [5.41, 5.74) is 1.11. The van der Waals surface area contributed by atoms with Gasteiger partial charge in [0.1, 0.15) is 0 Å². The topological polar surface area (TPSA) is 116 Å². The first-order valence-electron chi connectivity index (χ1n) is 8.92. The van der Waals surface area contributed by atoms with Crippen LogP contribution in [0.4, 0.5) is 0 Å². The van der Waals surface area contributed by atoms with Gasteiger partial charge >= 0.3 is 0 Å². The van der Waals surface area contributed by atoms with Gasteiger partial charge in [0.2, 0.25) is 17.7 Å². The number of benzene rings is 2. The van der Waals surface area contributed by atoms with E-state index < -0.39 is 17.7 Å². The zero-order valence-electron chi connectivity index (χ0n) is 15.8. The van der Waals surface area contributed by atoms with Gasteiger partial charge in [-0.15, -0.1) is 0 Å². The molecule has 0 fully saturated rings. The van der Waals surface area contributed by atoms with Crippen molar-refractivity contribution in [2.24, 2.45) is 0 Å². The molecule has 8 nitrogen and oxygen atoms in total. The molecule has 0 radical (unpaired) electrons. The molecule has 0 heterocycles. The molecule has 2 rings (SSSR count). The fourth-order valence-corrected chi connectivity index (χ4v) is 2.77. The maximum Gasteiger partial charge on any atom is 0.253 e. The molecule has 2 aromatic carbocycles. The van der Waals surface area contributed by atoms with Crippen molar-refractivity contribution in [3.8, 4) is 0 Å². The molecule has 0 unspecified atom stereocenters. The van der Waals surface area contributed by atoms with Crippen LogP contribution < -0.4 is 21.3 Å². The van der Waals surface area contributed by atoms with Crippen LogP contribution in [0.5, 0.6) is 0 Å². The highest BCUT2D eigenvalue weighted by molar-refractivity contribution is 6.36. The molecule has 0 aliphatic rings. The third-order valence-corrected chi connectivity index (χ3v) is 4.36. The number of nitrogens with one attached hydrogen (secondary N) is 4. The van der Waals surface area contributed by atoms with E-state index >= 15 is 0 Å². The van der Waals surface area contributed by atoms with Gasteiger partial charge in [-0.1, -0.05) is 53.5 Å². The largest absolute Gasteiger partial charge is 0.350 e. The number of hydrogen-bond acceptors (Lipinski definition) is 4. The van der Waals surface area contributed by atoms with E-state index in [1.54, 1.807) is 0 Å². The first-order valence-corrected chi connectivity index (χ1v) is 9.68. The van der Waals surface area contributed by atoms with Crippen molar-refractivity contribution in [2.45, 2.75) is 6.54 Å². The van der Waals surface area contributed by atoms with Gasteiger partial charge < -0.3 is 21.3 Å². The maximum atomic E-state index is 12.0. The second kappa shape index (κ2) is 11.8. The van der Waals surface area contributed by atoms with E-state index in [0.717, 1.165) is 5.56 Å². The Morgan fingerprint density at radius 2 is 1.27 bits per heavy atom. The highest BCUT2D eigenvalue weighted by atomic mass is 35.5. The van der Waals surface area contributed by atoms with Gasteiger partial charge in [0, 0.05) is 11.6 Å². The molecule has 4 amide bonds. The van der Waals surface area contributed by atoms with Crippen molar-refractivity contribution in [2.75, 3.05) is 19.6 Å². The summed E-state index contributed by atoms with van der Waals surface area (Å²) >= 11 is 11.7. The zero-order valence-corrected chi connectivity index (χ0v) is 17.3.